The third kappa shape index (κ3) is 3.89. The number of hydrogen-bond donors (Lipinski definition) is 1. The zero-order valence-electron chi connectivity index (χ0n) is 18.5. The molecule has 0 spiro atoms. The molecule has 0 bridgehead atoms. The third-order valence-corrected chi connectivity index (χ3v) is 6.41. The highest BCUT2D eigenvalue weighted by Gasteiger charge is 2.18. The maximum absolute atomic E-state index is 5.22. The zero-order chi connectivity index (χ0) is 22.0. The average molecular weight is 431 g/mol. The van der Waals surface area contributed by atoms with Crippen LogP contribution < -0.4 is 10.7 Å². The van der Waals surface area contributed by atoms with Crippen LogP contribution in [-0.2, 0) is 0 Å². The van der Waals surface area contributed by atoms with E-state index in [9.17, 15) is 0 Å². The highest BCUT2D eigenvalue weighted by atomic mass is 15.0. The van der Waals surface area contributed by atoms with Gasteiger partial charge in [0, 0.05) is 11.4 Å². The van der Waals surface area contributed by atoms with E-state index in [1.54, 1.807) is 0 Å². The molecule has 4 heteroatoms. The molecule has 0 saturated heterocycles. The van der Waals surface area contributed by atoms with Crippen molar-refractivity contribution in [2.75, 3.05) is 5.32 Å². The van der Waals surface area contributed by atoms with Crippen LogP contribution in [0.25, 0.3) is 28.1 Å². The number of hydrogen-bond acceptors (Lipinski definition) is 3. The Labute approximate surface area is 193 Å². The number of rotatable bonds is 4. The predicted molar refractivity (Wildman–Crippen MR) is 135 cm³/mol. The number of fused-ring (bicyclic) bond motifs is 2. The first kappa shape index (κ1) is 19.7. The summed E-state index contributed by atoms with van der Waals surface area (Å²) >= 11 is 0. The summed E-state index contributed by atoms with van der Waals surface area (Å²) in [5, 5.41) is 4.60. The van der Waals surface area contributed by atoms with Crippen LogP contribution in [0.2, 0.25) is 0 Å². The minimum absolute atomic E-state index is 0.386. The summed E-state index contributed by atoms with van der Waals surface area (Å²) in [6.07, 6.45) is 4.85. The first-order valence-corrected chi connectivity index (χ1v) is 11.7. The highest BCUT2D eigenvalue weighted by molar-refractivity contribution is 5.84. The molecule has 2 aliphatic carbocycles. The SMILES string of the molecule is c1ccc(Nc2cc3nc4ccccc4n(-c4ccccc4)c-3cc2=NC2CCCC2)cc1. The fourth-order valence-electron chi connectivity index (χ4n) is 4.81. The topological polar surface area (TPSA) is 42.2 Å². The molecular formula is C29H26N4. The van der Waals surface area contributed by atoms with Crippen molar-refractivity contribution in [3.05, 3.63) is 102 Å². The Balaban J connectivity index is 1.64. The molecule has 0 atom stereocenters. The molecule has 33 heavy (non-hydrogen) atoms. The molecule has 0 aromatic heterocycles. The summed E-state index contributed by atoms with van der Waals surface area (Å²) in [4.78, 5) is 10.3. The van der Waals surface area contributed by atoms with Gasteiger partial charge in [0.1, 0.15) is 0 Å². The Morgan fingerprint density at radius 1 is 0.788 bits per heavy atom. The summed E-state index contributed by atoms with van der Waals surface area (Å²) in [6, 6.07) is 33.9. The van der Waals surface area contributed by atoms with E-state index < -0.39 is 0 Å². The van der Waals surface area contributed by atoms with E-state index in [1.165, 1.54) is 12.8 Å². The molecule has 4 nitrogen and oxygen atoms in total. The maximum Gasteiger partial charge on any atom is 0.0900 e. The lowest BCUT2D eigenvalue weighted by atomic mass is 10.1. The van der Waals surface area contributed by atoms with Crippen molar-refractivity contribution in [1.29, 1.82) is 0 Å². The van der Waals surface area contributed by atoms with E-state index in [-0.39, 0.29) is 0 Å². The summed E-state index contributed by atoms with van der Waals surface area (Å²) in [5.41, 5.74) is 7.25. The minimum Gasteiger partial charge on any atom is -0.354 e. The maximum atomic E-state index is 5.22. The number of benzene rings is 4. The fraction of sp³-hybridized carbons (Fsp3) is 0.172. The van der Waals surface area contributed by atoms with Crippen molar-refractivity contribution in [1.82, 2.24) is 9.55 Å². The van der Waals surface area contributed by atoms with Gasteiger partial charge in [-0.05, 0) is 61.4 Å². The second kappa shape index (κ2) is 8.55. The molecule has 0 amide bonds. The number of para-hydroxylation sites is 4. The van der Waals surface area contributed by atoms with E-state index in [1.807, 2.05) is 24.3 Å². The standard InChI is InChI=1S/C29H26N4/c1-3-11-21(12-4-1)30-25-19-27-29(20-26(25)31-22-13-7-8-14-22)33(23-15-5-2-6-16-23)28-18-10-9-17-24(28)32-27/h1-6,9-12,15-20,22,30H,7-8,13-14H2. The molecule has 162 valence electrons. The van der Waals surface area contributed by atoms with Crippen LogP contribution in [0.4, 0.5) is 11.4 Å². The Morgan fingerprint density at radius 3 is 2.27 bits per heavy atom. The van der Waals surface area contributed by atoms with Crippen LogP contribution in [0.1, 0.15) is 25.7 Å². The Kier molecular flexibility index (Phi) is 5.11. The molecule has 1 fully saturated rings. The van der Waals surface area contributed by atoms with Crippen LogP contribution in [0, 0.1) is 0 Å². The lowest BCUT2D eigenvalue weighted by Gasteiger charge is -2.20. The summed E-state index contributed by atoms with van der Waals surface area (Å²) < 4.78 is 2.30. The molecule has 3 aromatic rings. The van der Waals surface area contributed by atoms with E-state index in [0.717, 1.165) is 57.7 Å². The highest BCUT2D eigenvalue weighted by Crippen LogP contribution is 2.30. The smallest absolute Gasteiger partial charge is 0.0900 e. The van der Waals surface area contributed by atoms with Crippen LogP contribution in [-0.4, -0.2) is 15.6 Å². The molecule has 1 heterocycles. The first-order valence-electron chi connectivity index (χ1n) is 11.7. The minimum atomic E-state index is 0.386. The molecule has 0 unspecified atom stereocenters. The fourth-order valence-corrected chi connectivity index (χ4v) is 4.81. The second-order valence-corrected chi connectivity index (χ2v) is 8.69. The van der Waals surface area contributed by atoms with Gasteiger partial charge in [-0.3, -0.25) is 4.99 Å². The molecule has 1 saturated carbocycles. The molecule has 1 N–H and O–H groups in total. The number of nitrogens with one attached hydrogen (secondary N) is 1. The lowest BCUT2D eigenvalue weighted by molar-refractivity contribution is 0.687. The molecule has 6 rings (SSSR count). The van der Waals surface area contributed by atoms with E-state index in [2.05, 4.69) is 82.7 Å². The van der Waals surface area contributed by atoms with Gasteiger partial charge in [0.05, 0.1) is 39.5 Å². The van der Waals surface area contributed by atoms with Crippen molar-refractivity contribution in [2.45, 2.75) is 31.7 Å². The van der Waals surface area contributed by atoms with Crippen molar-refractivity contribution in [3.63, 3.8) is 0 Å². The normalized spacial score (nSPS) is 14.8. The van der Waals surface area contributed by atoms with E-state index in [0.29, 0.717) is 6.04 Å². The first-order chi connectivity index (χ1) is 16.3. The van der Waals surface area contributed by atoms with Gasteiger partial charge < -0.3 is 9.88 Å². The zero-order valence-corrected chi connectivity index (χ0v) is 18.5. The van der Waals surface area contributed by atoms with Gasteiger partial charge in [-0.25, -0.2) is 4.98 Å². The van der Waals surface area contributed by atoms with Gasteiger partial charge in [-0.15, -0.1) is 0 Å². The third-order valence-electron chi connectivity index (χ3n) is 6.41. The van der Waals surface area contributed by atoms with E-state index >= 15 is 0 Å². The van der Waals surface area contributed by atoms with Gasteiger partial charge in [0.2, 0.25) is 0 Å². The summed E-state index contributed by atoms with van der Waals surface area (Å²) in [7, 11) is 0. The number of nitrogens with zero attached hydrogens (tertiary/aromatic N) is 3. The van der Waals surface area contributed by atoms with Gasteiger partial charge in [-0.1, -0.05) is 61.4 Å². The van der Waals surface area contributed by atoms with Gasteiger partial charge >= 0.3 is 0 Å². The molecular weight excluding hydrogens is 404 g/mol. The molecule has 0 radical (unpaired) electrons. The molecule has 3 aromatic carbocycles. The van der Waals surface area contributed by atoms with Gasteiger partial charge in [-0.2, -0.15) is 0 Å². The average Bonchev–Trinajstić information content (AvgIpc) is 3.37. The molecule has 3 aliphatic rings. The summed E-state index contributed by atoms with van der Waals surface area (Å²) in [5.74, 6) is 0. The van der Waals surface area contributed by atoms with Crippen molar-refractivity contribution in [3.8, 4) is 17.1 Å². The van der Waals surface area contributed by atoms with Gasteiger partial charge in [0.15, 0.2) is 0 Å². The van der Waals surface area contributed by atoms with E-state index in [4.69, 9.17) is 9.98 Å². The van der Waals surface area contributed by atoms with Crippen LogP contribution in [0.15, 0.2) is 102 Å². The Hall–Kier alpha value is -3.92. The Morgan fingerprint density at radius 2 is 1.48 bits per heavy atom. The van der Waals surface area contributed by atoms with Crippen molar-refractivity contribution in [2.24, 2.45) is 4.99 Å². The monoisotopic (exact) mass is 430 g/mol. The van der Waals surface area contributed by atoms with Gasteiger partial charge in [0.25, 0.3) is 0 Å². The molecule has 1 aliphatic heterocycles. The Bertz CT molecular complexity index is 1430. The lowest BCUT2D eigenvalue weighted by Crippen LogP contribution is -2.17. The number of aromatic nitrogens is 2. The number of anilines is 2. The predicted octanol–water partition coefficient (Wildman–Crippen LogP) is 6.72. The largest absolute Gasteiger partial charge is 0.354 e. The second-order valence-electron chi connectivity index (χ2n) is 8.69. The van der Waals surface area contributed by atoms with Crippen molar-refractivity contribution >= 4 is 22.4 Å². The van der Waals surface area contributed by atoms with Crippen LogP contribution in [0.5, 0.6) is 0 Å². The van der Waals surface area contributed by atoms with Crippen molar-refractivity contribution < 1.29 is 0 Å². The quantitative estimate of drug-likeness (QED) is 0.322. The van der Waals surface area contributed by atoms with Crippen LogP contribution in [0.3, 0.4) is 0 Å². The van der Waals surface area contributed by atoms with Crippen LogP contribution >= 0.6 is 0 Å². The summed E-state index contributed by atoms with van der Waals surface area (Å²) in [6.45, 7) is 0.